The van der Waals surface area contributed by atoms with Gasteiger partial charge in [-0.05, 0) is 60.5 Å². The number of benzene rings is 2. The van der Waals surface area contributed by atoms with Gasteiger partial charge < -0.3 is 24.9 Å². The Bertz CT molecular complexity index is 1590. The molecular weight excluding hydrogens is 546 g/mol. The summed E-state index contributed by atoms with van der Waals surface area (Å²) in [5, 5.41) is 1.13. The third kappa shape index (κ3) is 5.21. The molecule has 3 heterocycles. The molecule has 4 aromatic rings. The summed E-state index contributed by atoms with van der Waals surface area (Å²) in [5.41, 5.74) is 7.98. The standard InChI is InChI=1S/C26H20F6N4O4/c27-25(28,29)24(38)40-35-13-17(6-8-33)36-21(23(35)37)12-19(14-2-1-3-18(11-14)39-26(30,31)32)22(36)16-4-5-20-15(10-16)7-9-34-20/h1-5,7,9-12,17,34H,6,8,13,33H2/t17-/m0/s1. The van der Waals surface area contributed by atoms with Crippen LogP contribution in [0.4, 0.5) is 26.3 Å². The monoisotopic (exact) mass is 566 g/mol. The van der Waals surface area contributed by atoms with Crippen molar-refractivity contribution in [1.29, 1.82) is 0 Å². The van der Waals surface area contributed by atoms with Crippen LogP contribution in [-0.4, -0.2) is 52.1 Å². The van der Waals surface area contributed by atoms with Crippen molar-refractivity contribution in [2.24, 2.45) is 5.73 Å². The largest absolute Gasteiger partial charge is 0.573 e. The van der Waals surface area contributed by atoms with Crippen LogP contribution in [0.5, 0.6) is 5.75 Å². The topological polar surface area (TPSA) is 103 Å². The van der Waals surface area contributed by atoms with Crippen molar-refractivity contribution >= 4 is 22.8 Å². The number of halogens is 6. The third-order valence-electron chi connectivity index (χ3n) is 6.35. The maximum absolute atomic E-state index is 13.3. The van der Waals surface area contributed by atoms with Crippen LogP contribution >= 0.6 is 0 Å². The Labute approximate surface area is 221 Å². The Morgan fingerprint density at radius 3 is 2.50 bits per heavy atom. The van der Waals surface area contributed by atoms with Crippen molar-refractivity contribution in [2.75, 3.05) is 13.1 Å². The van der Waals surface area contributed by atoms with Crippen molar-refractivity contribution in [3.8, 4) is 28.1 Å². The van der Waals surface area contributed by atoms with E-state index in [4.69, 9.17) is 5.73 Å². The van der Waals surface area contributed by atoms with Gasteiger partial charge in [0.2, 0.25) is 0 Å². The van der Waals surface area contributed by atoms with Gasteiger partial charge >= 0.3 is 24.4 Å². The molecule has 0 radical (unpaired) electrons. The van der Waals surface area contributed by atoms with Gasteiger partial charge in [0.1, 0.15) is 11.4 Å². The molecule has 0 bridgehead atoms. The molecule has 1 aliphatic heterocycles. The molecule has 0 unspecified atom stereocenters. The quantitative estimate of drug-likeness (QED) is 0.297. The number of amides is 1. The van der Waals surface area contributed by atoms with E-state index >= 15 is 0 Å². The number of hydrogen-bond acceptors (Lipinski definition) is 5. The number of hydroxylamine groups is 2. The minimum atomic E-state index is -5.34. The first kappa shape index (κ1) is 27.1. The van der Waals surface area contributed by atoms with Gasteiger partial charge in [-0.15, -0.1) is 13.2 Å². The highest BCUT2D eigenvalue weighted by molar-refractivity contribution is 5.99. The fraction of sp³-hybridized carbons (Fsp3) is 0.231. The zero-order chi connectivity index (χ0) is 28.8. The molecule has 210 valence electrons. The summed E-state index contributed by atoms with van der Waals surface area (Å²) in [4.78, 5) is 32.3. The molecule has 40 heavy (non-hydrogen) atoms. The van der Waals surface area contributed by atoms with E-state index in [1.807, 2.05) is 0 Å². The lowest BCUT2D eigenvalue weighted by atomic mass is 9.99. The molecule has 8 nitrogen and oxygen atoms in total. The number of carbonyl (C=O) groups excluding carboxylic acids is 2. The van der Waals surface area contributed by atoms with Crippen molar-refractivity contribution in [3.63, 3.8) is 0 Å². The number of nitrogens with one attached hydrogen (secondary N) is 1. The predicted octanol–water partition coefficient (Wildman–Crippen LogP) is 5.57. The minimum Gasteiger partial charge on any atom is -0.406 e. The first-order valence-corrected chi connectivity index (χ1v) is 11.9. The van der Waals surface area contributed by atoms with Gasteiger partial charge in [-0.25, -0.2) is 4.79 Å². The summed E-state index contributed by atoms with van der Waals surface area (Å²) in [7, 11) is 0. The van der Waals surface area contributed by atoms with Crippen LogP contribution in [-0.2, 0) is 9.63 Å². The first-order chi connectivity index (χ1) is 18.9. The Kier molecular flexibility index (Phi) is 6.74. The zero-order valence-electron chi connectivity index (χ0n) is 20.3. The van der Waals surface area contributed by atoms with Crippen molar-refractivity contribution in [2.45, 2.75) is 25.0 Å². The Hall–Kier alpha value is -4.46. The van der Waals surface area contributed by atoms with Gasteiger partial charge in [0.05, 0.1) is 18.3 Å². The van der Waals surface area contributed by atoms with Crippen LogP contribution in [0.15, 0.2) is 60.8 Å². The fourth-order valence-electron chi connectivity index (χ4n) is 4.77. The number of H-pyrrole nitrogens is 1. The van der Waals surface area contributed by atoms with E-state index in [-0.39, 0.29) is 24.2 Å². The number of ether oxygens (including phenoxy) is 1. The second kappa shape index (κ2) is 9.93. The van der Waals surface area contributed by atoms with Gasteiger partial charge in [0, 0.05) is 22.7 Å². The molecule has 1 aliphatic rings. The van der Waals surface area contributed by atoms with Crippen LogP contribution in [0.25, 0.3) is 33.3 Å². The summed E-state index contributed by atoms with van der Waals surface area (Å²) in [5.74, 6) is -4.11. The van der Waals surface area contributed by atoms with Crippen molar-refractivity contribution in [3.05, 3.63) is 66.5 Å². The molecular formula is C26H20F6N4O4. The minimum absolute atomic E-state index is 0.0675. The van der Waals surface area contributed by atoms with Crippen LogP contribution < -0.4 is 10.5 Å². The number of alkyl halides is 6. The number of aromatic amines is 1. The molecule has 0 saturated heterocycles. The van der Waals surface area contributed by atoms with Crippen LogP contribution in [0, 0.1) is 0 Å². The lowest BCUT2D eigenvalue weighted by Crippen LogP contribution is -2.46. The van der Waals surface area contributed by atoms with E-state index < -0.39 is 42.8 Å². The molecule has 1 amide bonds. The average Bonchev–Trinajstić information content (AvgIpc) is 3.50. The van der Waals surface area contributed by atoms with E-state index in [0.717, 1.165) is 23.0 Å². The van der Waals surface area contributed by atoms with E-state index in [9.17, 15) is 35.9 Å². The highest BCUT2D eigenvalue weighted by atomic mass is 19.4. The second-order valence-corrected chi connectivity index (χ2v) is 8.99. The average molecular weight is 566 g/mol. The van der Waals surface area contributed by atoms with Gasteiger partial charge in [0.15, 0.2) is 0 Å². The summed E-state index contributed by atoms with van der Waals surface area (Å²) in [6, 6.07) is 12.8. The van der Waals surface area contributed by atoms with E-state index in [2.05, 4.69) is 14.6 Å². The summed E-state index contributed by atoms with van der Waals surface area (Å²) < 4.78 is 83.2. The number of hydrogen-bond donors (Lipinski definition) is 2. The maximum atomic E-state index is 13.3. The SMILES string of the molecule is NCC[C@H]1CN(OC(=O)C(F)(F)F)C(=O)c2cc(-c3cccc(OC(F)(F)F)c3)c(-c3ccc4[nH]ccc4c3)n21. The lowest BCUT2D eigenvalue weighted by molar-refractivity contribution is -0.274. The lowest BCUT2D eigenvalue weighted by Gasteiger charge is -2.34. The van der Waals surface area contributed by atoms with Crippen molar-refractivity contribution < 1.29 is 45.5 Å². The Morgan fingerprint density at radius 1 is 1.02 bits per heavy atom. The molecule has 0 saturated carbocycles. The molecule has 0 aliphatic carbocycles. The number of rotatable bonds is 6. The normalized spacial score (nSPS) is 15.8. The number of fused-ring (bicyclic) bond motifs is 2. The number of nitrogens with two attached hydrogens (primary N) is 1. The third-order valence-corrected chi connectivity index (χ3v) is 6.35. The maximum Gasteiger partial charge on any atom is 0.573 e. The number of aromatic nitrogens is 2. The van der Waals surface area contributed by atoms with E-state index in [0.29, 0.717) is 21.9 Å². The number of nitrogens with zero attached hydrogens (tertiary/aromatic N) is 2. The highest BCUT2D eigenvalue weighted by Gasteiger charge is 2.45. The molecule has 2 aromatic carbocycles. The molecule has 5 rings (SSSR count). The van der Waals surface area contributed by atoms with Gasteiger partial charge in [-0.2, -0.15) is 18.2 Å². The van der Waals surface area contributed by atoms with E-state index in [1.165, 1.54) is 18.2 Å². The van der Waals surface area contributed by atoms with Crippen molar-refractivity contribution in [1.82, 2.24) is 14.6 Å². The van der Waals surface area contributed by atoms with Gasteiger partial charge in [0.25, 0.3) is 0 Å². The van der Waals surface area contributed by atoms with E-state index in [1.54, 1.807) is 35.0 Å². The second-order valence-electron chi connectivity index (χ2n) is 8.99. The van der Waals surface area contributed by atoms with Crippen LogP contribution in [0.1, 0.15) is 23.0 Å². The van der Waals surface area contributed by atoms with Crippen LogP contribution in [0.3, 0.4) is 0 Å². The summed E-state index contributed by atoms with van der Waals surface area (Å²) in [6.45, 7) is -0.367. The smallest absolute Gasteiger partial charge is 0.406 e. The molecule has 1 atom stereocenters. The number of carbonyl (C=O) groups is 2. The zero-order valence-corrected chi connectivity index (χ0v) is 20.3. The molecule has 14 heteroatoms. The summed E-state index contributed by atoms with van der Waals surface area (Å²) >= 11 is 0. The highest BCUT2D eigenvalue weighted by Crippen LogP contribution is 2.42. The van der Waals surface area contributed by atoms with Gasteiger partial charge in [-0.3, -0.25) is 4.79 Å². The molecule has 2 aromatic heterocycles. The molecule has 0 fully saturated rings. The Morgan fingerprint density at radius 2 is 1.80 bits per heavy atom. The Balaban J connectivity index is 1.70. The predicted molar refractivity (Wildman–Crippen MR) is 130 cm³/mol. The first-order valence-electron chi connectivity index (χ1n) is 11.9. The fourth-order valence-corrected chi connectivity index (χ4v) is 4.77. The molecule has 0 spiro atoms. The van der Waals surface area contributed by atoms with Crippen LogP contribution in [0.2, 0.25) is 0 Å². The summed E-state index contributed by atoms with van der Waals surface area (Å²) in [6.07, 6.45) is -8.41. The molecule has 3 N–H and O–H groups in total. The van der Waals surface area contributed by atoms with Gasteiger partial charge in [-0.1, -0.05) is 18.2 Å².